The summed E-state index contributed by atoms with van der Waals surface area (Å²) in [6.45, 7) is 0. The first kappa shape index (κ1) is 11.4. The molecular weight excluding hydrogens is 272 g/mol. The van der Waals surface area contributed by atoms with Gasteiger partial charge in [-0.25, -0.2) is 18.4 Å². The standard InChI is InChI=1S/C12H7ClN2O2S/c13-18(16,17)10-4-3-8-1-2-9-6-14-7-15-12(9)11(8)5-10/h1-7H. The second-order valence-electron chi connectivity index (χ2n) is 3.85. The Kier molecular flexibility index (Phi) is 2.46. The molecule has 0 spiro atoms. The first-order valence-corrected chi connectivity index (χ1v) is 7.44. The highest BCUT2D eigenvalue weighted by atomic mass is 35.7. The minimum absolute atomic E-state index is 0.0720. The monoisotopic (exact) mass is 278 g/mol. The van der Waals surface area contributed by atoms with E-state index in [2.05, 4.69) is 9.97 Å². The molecule has 1 aromatic heterocycles. The highest BCUT2D eigenvalue weighted by Crippen LogP contribution is 2.26. The van der Waals surface area contributed by atoms with Crippen LogP contribution in [-0.2, 0) is 9.05 Å². The summed E-state index contributed by atoms with van der Waals surface area (Å²) < 4.78 is 22.7. The number of hydrogen-bond donors (Lipinski definition) is 0. The van der Waals surface area contributed by atoms with Gasteiger partial charge in [0.05, 0.1) is 10.4 Å². The summed E-state index contributed by atoms with van der Waals surface area (Å²) in [5.74, 6) is 0. The highest BCUT2D eigenvalue weighted by molar-refractivity contribution is 8.13. The van der Waals surface area contributed by atoms with Crippen molar-refractivity contribution in [3.05, 3.63) is 42.9 Å². The van der Waals surface area contributed by atoms with Gasteiger partial charge in [-0.15, -0.1) is 0 Å². The van der Waals surface area contributed by atoms with Crippen LogP contribution < -0.4 is 0 Å². The predicted molar refractivity (Wildman–Crippen MR) is 70.1 cm³/mol. The van der Waals surface area contributed by atoms with Gasteiger partial charge in [0.2, 0.25) is 0 Å². The van der Waals surface area contributed by atoms with Gasteiger partial charge in [0, 0.05) is 27.7 Å². The van der Waals surface area contributed by atoms with Gasteiger partial charge in [0.25, 0.3) is 9.05 Å². The summed E-state index contributed by atoms with van der Waals surface area (Å²) >= 11 is 0. The van der Waals surface area contributed by atoms with Gasteiger partial charge in [-0.2, -0.15) is 0 Å². The lowest BCUT2D eigenvalue weighted by atomic mass is 10.1. The summed E-state index contributed by atoms with van der Waals surface area (Å²) in [5, 5.41) is 2.51. The normalized spacial score (nSPS) is 12.1. The van der Waals surface area contributed by atoms with Crippen LogP contribution in [0.25, 0.3) is 21.7 Å². The van der Waals surface area contributed by atoms with Crippen molar-refractivity contribution in [2.75, 3.05) is 0 Å². The maximum absolute atomic E-state index is 11.3. The van der Waals surface area contributed by atoms with E-state index in [9.17, 15) is 8.42 Å². The molecule has 0 aliphatic heterocycles. The summed E-state index contributed by atoms with van der Waals surface area (Å²) in [5.41, 5.74) is 0.713. The second-order valence-corrected chi connectivity index (χ2v) is 6.41. The van der Waals surface area contributed by atoms with E-state index in [1.54, 1.807) is 12.3 Å². The van der Waals surface area contributed by atoms with E-state index >= 15 is 0 Å². The third-order valence-electron chi connectivity index (χ3n) is 2.74. The lowest BCUT2D eigenvalue weighted by Gasteiger charge is -2.04. The van der Waals surface area contributed by atoms with Gasteiger partial charge in [-0.3, -0.25) is 0 Å². The van der Waals surface area contributed by atoms with E-state index in [1.807, 2.05) is 12.1 Å². The van der Waals surface area contributed by atoms with Crippen LogP contribution in [0.1, 0.15) is 0 Å². The van der Waals surface area contributed by atoms with E-state index in [0.717, 1.165) is 16.2 Å². The van der Waals surface area contributed by atoms with Crippen LogP contribution in [0.15, 0.2) is 47.8 Å². The fraction of sp³-hybridized carbons (Fsp3) is 0. The minimum Gasteiger partial charge on any atom is -0.244 e. The van der Waals surface area contributed by atoms with E-state index in [4.69, 9.17) is 10.7 Å². The van der Waals surface area contributed by atoms with Crippen molar-refractivity contribution in [3.63, 3.8) is 0 Å². The van der Waals surface area contributed by atoms with Crippen molar-refractivity contribution in [1.29, 1.82) is 0 Å². The first-order valence-electron chi connectivity index (χ1n) is 5.13. The Balaban J connectivity index is 2.48. The van der Waals surface area contributed by atoms with Crippen molar-refractivity contribution in [2.24, 2.45) is 0 Å². The second kappa shape index (κ2) is 3.90. The average Bonchev–Trinajstić information content (AvgIpc) is 2.37. The Bertz CT molecular complexity index is 862. The van der Waals surface area contributed by atoms with E-state index in [1.165, 1.54) is 18.5 Å². The Labute approximate surface area is 108 Å². The molecule has 0 aliphatic carbocycles. The zero-order valence-electron chi connectivity index (χ0n) is 9.04. The molecule has 6 heteroatoms. The average molecular weight is 279 g/mol. The highest BCUT2D eigenvalue weighted by Gasteiger charge is 2.11. The minimum atomic E-state index is -3.73. The molecule has 0 amide bonds. The van der Waals surface area contributed by atoms with Crippen molar-refractivity contribution < 1.29 is 8.42 Å². The summed E-state index contributed by atoms with van der Waals surface area (Å²) in [6, 6.07) is 8.52. The van der Waals surface area contributed by atoms with Crippen molar-refractivity contribution in [3.8, 4) is 0 Å². The number of fused-ring (bicyclic) bond motifs is 3. The molecule has 1 heterocycles. The van der Waals surface area contributed by atoms with E-state index in [-0.39, 0.29) is 4.90 Å². The quantitative estimate of drug-likeness (QED) is 0.507. The fourth-order valence-electron chi connectivity index (χ4n) is 1.90. The van der Waals surface area contributed by atoms with Crippen LogP contribution in [-0.4, -0.2) is 18.4 Å². The molecule has 0 radical (unpaired) electrons. The van der Waals surface area contributed by atoms with E-state index in [0.29, 0.717) is 5.52 Å². The lowest BCUT2D eigenvalue weighted by Crippen LogP contribution is -1.91. The molecule has 0 N–H and O–H groups in total. The first-order chi connectivity index (χ1) is 8.55. The number of hydrogen-bond acceptors (Lipinski definition) is 4. The molecule has 2 aromatic carbocycles. The van der Waals surface area contributed by atoms with Crippen LogP contribution in [0.4, 0.5) is 0 Å². The lowest BCUT2D eigenvalue weighted by molar-refractivity contribution is 0.609. The van der Waals surface area contributed by atoms with Crippen LogP contribution in [0, 0.1) is 0 Å². The molecule has 0 aliphatic rings. The Morgan fingerprint density at radius 1 is 1.06 bits per heavy atom. The van der Waals surface area contributed by atoms with Crippen molar-refractivity contribution in [1.82, 2.24) is 9.97 Å². The third-order valence-corrected chi connectivity index (χ3v) is 4.10. The van der Waals surface area contributed by atoms with Gasteiger partial charge in [0.1, 0.15) is 6.33 Å². The number of benzene rings is 2. The maximum atomic E-state index is 11.3. The Morgan fingerprint density at radius 3 is 2.56 bits per heavy atom. The molecule has 3 rings (SSSR count). The summed E-state index contributed by atoms with van der Waals surface area (Å²) in [7, 11) is 1.62. The van der Waals surface area contributed by atoms with E-state index < -0.39 is 9.05 Å². The largest absolute Gasteiger partial charge is 0.261 e. The zero-order valence-corrected chi connectivity index (χ0v) is 10.6. The molecule has 4 nitrogen and oxygen atoms in total. The maximum Gasteiger partial charge on any atom is 0.261 e. The molecule has 0 atom stereocenters. The summed E-state index contributed by atoms with van der Waals surface area (Å²) in [6.07, 6.45) is 3.12. The molecule has 3 aromatic rings. The van der Waals surface area contributed by atoms with Gasteiger partial charge < -0.3 is 0 Å². The molecule has 90 valence electrons. The summed E-state index contributed by atoms with van der Waals surface area (Å²) in [4.78, 5) is 8.19. The van der Waals surface area contributed by atoms with Gasteiger partial charge in [-0.05, 0) is 17.5 Å². The topological polar surface area (TPSA) is 59.9 Å². The molecule has 0 unspecified atom stereocenters. The van der Waals surface area contributed by atoms with Crippen LogP contribution in [0.5, 0.6) is 0 Å². The number of rotatable bonds is 1. The molecular formula is C12H7ClN2O2S. The molecule has 0 fully saturated rings. The molecule has 0 saturated heterocycles. The van der Waals surface area contributed by atoms with Crippen LogP contribution in [0.3, 0.4) is 0 Å². The van der Waals surface area contributed by atoms with Gasteiger partial charge >= 0.3 is 0 Å². The van der Waals surface area contributed by atoms with Gasteiger partial charge in [-0.1, -0.05) is 18.2 Å². The molecule has 18 heavy (non-hydrogen) atoms. The Hall–Kier alpha value is -1.72. The Morgan fingerprint density at radius 2 is 1.78 bits per heavy atom. The van der Waals surface area contributed by atoms with Crippen molar-refractivity contribution in [2.45, 2.75) is 4.90 Å². The van der Waals surface area contributed by atoms with Crippen LogP contribution in [0.2, 0.25) is 0 Å². The predicted octanol–water partition coefficient (Wildman–Crippen LogP) is 2.71. The fourth-order valence-corrected chi connectivity index (χ4v) is 2.68. The van der Waals surface area contributed by atoms with Crippen LogP contribution >= 0.6 is 10.7 Å². The number of nitrogens with zero attached hydrogens (tertiary/aromatic N) is 2. The van der Waals surface area contributed by atoms with Crippen molar-refractivity contribution >= 4 is 41.4 Å². The molecule has 0 bridgehead atoms. The zero-order chi connectivity index (χ0) is 12.8. The smallest absolute Gasteiger partial charge is 0.244 e. The third kappa shape index (κ3) is 1.81. The SMILES string of the molecule is O=S(=O)(Cl)c1ccc2ccc3cncnc3c2c1. The van der Waals surface area contributed by atoms with Gasteiger partial charge in [0.15, 0.2) is 0 Å². The number of halogens is 1. The molecule has 0 saturated carbocycles. The number of aromatic nitrogens is 2.